The minimum Gasteiger partial charge on any atom is -0.506 e. The molecule has 1 N–H and O–H groups in total. The van der Waals surface area contributed by atoms with Gasteiger partial charge in [0.15, 0.2) is 6.29 Å². The number of rotatable bonds is 2. The van der Waals surface area contributed by atoms with Crippen LogP contribution in [0.15, 0.2) is 23.1 Å². The molecule has 0 amide bonds. The Kier molecular flexibility index (Phi) is 2.48. The second-order valence-corrected chi connectivity index (χ2v) is 4.76. The molecule has 0 aliphatic rings. The fourth-order valence-electron chi connectivity index (χ4n) is 1.32. The molecule has 0 aliphatic carbocycles. The minimum absolute atomic E-state index is 0.277. The number of thioether (sulfide) groups is 1. The van der Waals surface area contributed by atoms with Gasteiger partial charge in [-0.25, -0.2) is 0 Å². The lowest BCUT2D eigenvalue weighted by Gasteiger charge is -2.00. The SMILES string of the molecule is CSc1ccc2sc(C=O)cc2c1O. The number of phenols is 1. The van der Waals surface area contributed by atoms with Gasteiger partial charge < -0.3 is 5.11 Å². The molecule has 0 unspecified atom stereocenters. The maximum absolute atomic E-state index is 10.6. The van der Waals surface area contributed by atoms with Gasteiger partial charge in [-0.05, 0) is 24.5 Å². The molecule has 0 radical (unpaired) electrons. The van der Waals surface area contributed by atoms with Gasteiger partial charge in [0.25, 0.3) is 0 Å². The highest BCUT2D eigenvalue weighted by Gasteiger charge is 2.08. The van der Waals surface area contributed by atoms with Crippen LogP contribution >= 0.6 is 23.1 Å². The highest BCUT2D eigenvalue weighted by atomic mass is 32.2. The number of carbonyl (C=O) groups excluding carboxylic acids is 1. The number of benzene rings is 1. The van der Waals surface area contributed by atoms with E-state index in [4.69, 9.17) is 0 Å². The average molecular weight is 224 g/mol. The molecular weight excluding hydrogens is 216 g/mol. The molecule has 0 aliphatic heterocycles. The summed E-state index contributed by atoms with van der Waals surface area (Å²) in [5.74, 6) is 0.277. The standard InChI is InChI=1S/C10H8O2S2/c1-13-9-3-2-8-7(10(9)12)4-6(5-11)14-8/h2-5,12H,1H3. The van der Waals surface area contributed by atoms with E-state index in [-0.39, 0.29) is 5.75 Å². The molecule has 0 atom stereocenters. The Labute approximate surface area is 89.6 Å². The van der Waals surface area contributed by atoms with Crippen molar-refractivity contribution in [1.82, 2.24) is 0 Å². The molecule has 1 aromatic carbocycles. The Morgan fingerprint density at radius 2 is 2.29 bits per heavy atom. The quantitative estimate of drug-likeness (QED) is 0.629. The number of fused-ring (bicyclic) bond motifs is 1. The predicted molar refractivity (Wildman–Crippen MR) is 60.7 cm³/mol. The van der Waals surface area contributed by atoms with Crippen LogP contribution in [-0.2, 0) is 0 Å². The van der Waals surface area contributed by atoms with Crippen LogP contribution < -0.4 is 0 Å². The summed E-state index contributed by atoms with van der Waals surface area (Å²) in [6.45, 7) is 0. The Balaban J connectivity index is 2.74. The number of hydrogen-bond donors (Lipinski definition) is 1. The number of carbonyl (C=O) groups is 1. The molecular formula is C10H8O2S2. The third-order valence-corrected chi connectivity index (χ3v) is 3.79. The first-order valence-corrected chi connectivity index (χ1v) is 6.05. The maximum atomic E-state index is 10.6. The molecule has 0 bridgehead atoms. The summed E-state index contributed by atoms with van der Waals surface area (Å²) < 4.78 is 0.947. The van der Waals surface area contributed by atoms with Gasteiger partial charge >= 0.3 is 0 Å². The molecule has 0 spiro atoms. The van der Waals surface area contributed by atoms with Gasteiger partial charge in [-0.2, -0.15) is 0 Å². The first-order chi connectivity index (χ1) is 6.76. The summed E-state index contributed by atoms with van der Waals surface area (Å²) in [5, 5.41) is 10.6. The molecule has 0 saturated carbocycles. The number of phenolic OH excluding ortho intramolecular Hbond substituents is 1. The second kappa shape index (κ2) is 3.63. The zero-order chi connectivity index (χ0) is 10.1. The molecule has 2 nitrogen and oxygen atoms in total. The highest BCUT2D eigenvalue weighted by Crippen LogP contribution is 2.37. The Morgan fingerprint density at radius 1 is 1.50 bits per heavy atom. The molecule has 1 aromatic heterocycles. The summed E-state index contributed by atoms with van der Waals surface area (Å²) in [6, 6.07) is 5.52. The van der Waals surface area contributed by atoms with Crippen molar-refractivity contribution in [3.63, 3.8) is 0 Å². The smallest absolute Gasteiger partial charge is 0.160 e. The highest BCUT2D eigenvalue weighted by molar-refractivity contribution is 7.98. The summed E-state index contributed by atoms with van der Waals surface area (Å²) in [7, 11) is 0. The van der Waals surface area contributed by atoms with Crippen molar-refractivity contribution in [3.05, 3.63) is 23.1 Å². The lowest BCUT2D eigenvalue weighted by Crippen LogP contribution is -1.72. The van der Waals surface area contributed by atoms with Crippen LogP contribution in [0.2, 0.25) is 0 Å². The van der Waals surface area contributed by atoms with E-state index in [0.717, 1.165) is 21.3 Å². The Hall–Kier alpha value is -1.00. The van der Waals surface area contributed by atoms with Crippen molar-refractivity contribution in [2.24, 2.45) is 0 Å². The molecule has 72 valence electrons. The molecule has 0 saturated heterocycles. The minimum atomic E-state index is 0.277. The number of thiophene rings is 1. The van der Waals surface area contributed by atoms with E-state index in [1.54, 1.807) is 6.07 Å². The summed E-state index contributed by atoms with van der Waals surface area (Å²) in [6.07, 6.45) is 2.72. The lowest BCUT2D eigenvalue weighted by atomic mass is 10.2. The van der Waals surface area contributed by atoms with E-state index >= 15 is 0 Å². The third-order valence-electron chi connectivity index (χ3n) is 1.99. The van der Waals surface area contributed by atoms with Gasteiger partial charge in [0, 0.05) is 15.0 Å². The van der Waals surface area contributed by atoms with E-state index in [0.29, 0.717) is 4.88 Å². The molecule has 14 heavy (non-hydrogen) atoms. The van der Waals surface area contributed by atoms with Crippen LogP contribution in [0.25, 0.3) is 10.1 Å². The second-order valence-electron chi connectivity index (χ2n) is 2.79. The van der Waals surface area contributed by atoms with E-state index in [1.807, 2.05) is 18.4 Å². The molecule has 0 fully saturated rings. The predicted octanol–water partition coefficient (Wildman–Crippen LogP) is 3.14. The average Bonchev–Trinajstić information content (AvgIpc) is 2.62. The van der Waals surface area contributed by atoms with E-state index in [1.165, 1.54) is 23.1 Å². The van der Waals surface area contributed by atoms with Crippen molar-refractivity contribution in [1.29, 1.82) is 0 Å². The van der Waals surface area contributed by atoms with Crippen molar-refractivity contribution < 1.29 is 9.90 Å². The lowest BCUT2D eigenvalue weighted by molar-refractivity contribution is 0.112. The first-order valence-electron chi connectivity index (χ1n) is 4.01. The monoisotopic (exact) mass is 224 g/mol. The van der Waals surface area contributed by atoms with Crippen LogP contribution in [0, 0.1) is 0 Å². The van der Waals surface area contributed by atoms with Crippen LogP contribution in [0.4, 0.5) is 0 Å². The van der Waals surface area contributed by atoms with Gasteiger partial charge in [-0.1, -0.05) is 0 Å². The number of aldehydes is 1. The summed E-state index contributed by atoms with van der Waals surface area (Å²) in [4.78, 5) is 12.1. The van der Waals surface area contributed by atoms with Crippen molar-refractivity contribution in [2.75, 3.05) is 6.26 Å². The molecule has 4 heteroatoms. The zero-order valence-corrected chi connectivity index (χ0v) is 9.11. The summed E-state index contributed by atoms with van der Waals surface area (Å²) in [5.41, 5.74) is 0. The fraction of sp³-hybridized carbons (Fsp3) is 0.100. The van der Waals surface area contributed by atoms with Crippen LogP contribution in [0.3, 0.4) is 0 Å². The van der Waals surface area contributed by atoms with Crippen LogP contribution in [0.1, 0.15) is 9.67 Å². The molecule has 2 aromatic rings. The normalized spacial score (nSPS) is 10.6. The van der Waals surface area contributed by atoms with Crippen molar-refractivity contribution >= 4 is 39.5 Å². The topological polar surface area (TPSA) is 37.3 Å². The number of aromatic hydroxyl groups is 1. The van der Waals surface area contributed by atoms with Gasteiger partial charge in [-0.3, -0.25) is 4.79 Å². The maximum Gasteiger partial charge on any atom is 0.160 e. The Morgan fingerprint density at radius 3 is 2.93 bits per heavy atom. The van der Waals surface area contributed by atoms with E-state index in [9.17, 15) is 9.90 Å². The third kappa shape index (κ3) is 1.40. The Bertz CT molecular complexity index is 488. The molecule has 1 heterocycles. The van der Waals surface area contributed by atoms with Gasteiger partial charge in [0.1, 0.15) is 5.75 Å². The first kappa shape index (κ1) is 9.55. The van der Waals surface area contributed by atoms with Crippen LogP contribution in [-0.4, -0.2) is 17.6 Å². The van der Waals surface area contributed by atoms with Gasteiger partial charge in [0.05, 0.1) is 4.88 Å². The van der Waals surface area contributed by atoms with Crippen molar-refractivity contribution in [2.45, 2.75) is 4.90 Å². The fourth-order valence-corrected chi connectivity index (χ4v) is 2.71. The van der Waals surface area contributed by atoms with Crippen LogP contribution in [0.5, 0.6) is 5.75 Å². The molecule has 2 rings (SSSR count). The van der Waals surface area contributed by atoms with Gasteiger partial charge in [0.2, 0.25) is 0 Å². The zero-order valence-electron chi connectivity index (χ0n) is 7.48. The summed E-state index contributed by atoms with van der Waals surface area (Å²) >= 11 is 2.89. The van der Waals surface area contributed by atoms with E-state index in [2.05, 4.69) is 0 Å². The number of hydrogen-bond acceptors (Lipinski definition) is 4. The van der Waals surface area contributed by atoms with Gasteiger partial charge in [-0.15, -0.1) is 23.1 Å². The van der Waals surface area contributed by atoms with Crippen molar-refractivity contribution in [3.8, 4) is 5.75 Å². The largest absolute Gasteiger partial charge is 0.506 e. The van der Waals surface area contributed by atoms with E-state index < -0.39 is 0 Å².